The number of hydrogen-bond donors (Lipinski definition) is 0. The van der Waals surface area contributed by atoms with E-state index in [1.165, 1.54) is 12.1 Å². The molecule has 0 bridgehead atoms. The highest BCUT2D eigenvalue weighted by Gasteiger charge is 2.40. The second-order valence-corrected chi connectivity index (χ2v) is 9.43. The lowest BCUT2D eigenvalue weighted by Gasteiger charge is -2.29. The minimum absolute atomic E-state index is 0.117. The Hall–Kier alpha value is -2.24. The van der Waals surface area contributed by atoms with E-state index in [1.807, 2.05) is 24.3 Å². The highest BCUT2D eigenvalue weighted by molar-refractivity contribution is 6.30. The molecular formula is C26H29ClFNO3. The standard InChI is InChI=1S/C26H29ClFNO3/c27-21-8-6-20(7-9-21)26-23(16-25(31)32-26)24(30)15-18-3-1-2-13-29(14-12-18)17-19-4-10-22(28)11-5-19/h4-11,18,23,26H,1-3,12-17H2/t18?,23-,26-/m1/s1. The summed E-state index contributed by atoms with van der Waals surface area (Å²) in [6, 6.07) is 13.9. The Morgan fingerprint density at radius 3 is 2.53 bits per heavy atom. The SMILES string of the molecule is O=C1C[C@H](C(=O)CC2CCCCN(Cc3ccc(F)cc3)CC2)[C@@H](c2ccc(Cl)cc2)O1. The van der Waals surface area contributed by atoms with Gasteiger partial charge in [-0.05, 0) is 73.7 Å². The number of hydrogen-bond acceptors (Lipinski definition) is 4. The van der Waals surface area contributed by atoms with Gasteiger partial charge in [-0.3, -0.25) is 14.5 Å². The molecule has 2 saturated heterocycles. The maximum Gasteiger partial charge on any atom is 0.307 e. The summed E-state index contributed by atoms with van der Waals surface area (Å²) in [5.41, 5.74) is 1.92. The maximum absolute atomic E-state index is 13.2. The molecule has 2 fully saturated rings. The second-order valence-electron chi connectivity index (χ2n) is 9.00. The van der Waals surface area contributed by atoms with Gasteiger partial charge in [0, 0.05) is 18.0 Å². The molecule has 2 heterocycles. The van der Waals surface area contributed by atoms with E-state index in [-0.39, 0.29) is 24.0 Å². The summed E-state index contributed by atoms with van der Waals surface area (Å²) in [5.74, 6) is -0.534. The molecule has 0 saturated carbocycles. The summed E-state index contributed by atoms with van der Waals surface area (Å²) in [4.78, 5) is 27.6. The van der Waals surface area contributed by atoms with Crippen LogP contribution in [0.2, 0.25) is 5.02 Å². The third kappa shape index (κ3) is 5.96. The van der Waals surface area contributed by atoms with Crippen molar-refractivity contribution in [1.82, 2.24) is 4.90 Å². The van der Waals surface area contributed by atoms with Crippen LogP contribution in [0.15, 0.2) is 48.5 Å². The number of rotatable bonds is 6. The van der Waals surface area contributed by atoms with Crippen molar-refractivity contribution in [1.29, 1.82) is 0 Å². The largest absolute Gasteiger partial charge is 0.457 e. The van der Waals surface area contributed by atoms with E-state index in [9.17, 15) is 14.0 Å². The van der Waals surface area contributed by atoms with Crippen LogP contribution in [-0.4, -0.2) is 29.7 Å². The summed E-state index contributed by atoms with van der Waals surface area (Å²) in [6.45, 7) is 2.72. The van der Waals surface area contributed by atoms with Crippen molar-refractivity contribution in [2.24, 2.45) is 11.8 Å². The van der Waals surface area contributed by atoms with Crippen LogP contribution in [0, 0.1) is 17.7 Å². The Bertz CT molecular complexity index is 931. The molecule has 0 aromatic heterocycles. The van der Waals surface area contributed by atoms with Gasteiger partial charge >= 0.3 is 5.97 Å². The first-order valence-electron chi connectivity index (χ1n) is 11.4. The fourth-order valence-electron chi connectivity index (χ4n) is 4.83. The highest BCUT2D eigenvalue weighted by atomic mass is 35.5. The molecule has 0 radical (unpaired) electrons. The minimum Gasteiger partial charge on any atom is -0.457 e. The van der Waals surface area contributed by atoms with Crippen LogP contribution in [0.3, 0.4) is 0 Å². The van der Waals surface area contributed by atoms with E-state index in [0.29, 0.717) is 17.4 Å². The van der Waals surface area contributed by atoms with Crippen molar-refractivity contribution in [2.45, 2.75) is 51.2 Å². The summed E-state index contributed by atoms with van der Waals surface area (Å²) >= 11 is 5.98. The third-order valence-electron chi connectivity index (χ3n) is 6.62. The monoisotopic (exact) mass is 457 g/mol. The first kappa shape index (κ1) is 22.9. The van der Waals surface area contributed by atoms with E-state index in [1.54, 1.807) is 12.1 Å². The molecule has 0 aliphatic carbocycles. The van der Waals surface area contributed by atoms with Gasteiger partial charge in [-0.1, -0.05) is 42.3 Å². The van der Waals surface area contributed by atoms with Gasteiger partial charge in [0.15, 0.2) is 0 Å². The first-order valence-corrected chi connectivity index (χ1v) is 11.8. The Labute approximate surface area is 193 Å². The number of esters is 1. The van der Waals surface area contributed by atoms with Crippen LogP contribution in [0.5, 0.6) is 0 Å². The van der Waals surface area contributed by atoms with E-state index >= 15 is 0 Å². The predicted octanol–water partition coefficient (Wildman–Crippen LogP) is 5.73. The van der Waals surface area contributed by atoms with Gasteiger partial charge in [-0.2, -0.15) is 0 Å². The van der Waals surface area contributed by atoms with Gasteiger partial charge in [0.25, 0.3) is 0 Å². The average Bonchev–Trinajstić information content (AvgIpc) is 3.16. The number of carbonyl (C=O) groups is 2. The third-order valence-corrected chi connectivity index (χ3v) is 6.87. The fraction of sp³-hybridized carbons (Fsp3) is 0.462. The molecule has 0 N–H and O–H groups in total. The number of Topliss-reactive ketones (excluding diaryl/α,β-unsaturated/α-hetero) is 1. The smallest absolute Gasteiger partial charge is 0.307 e. The molecule has 0 amide bonds. The summed E-state index contributed by atoms with van der Waals surface area (Å²) < 4.78 is 18.7. The molecule has 2 aliphatic rings. The molecule has 2 aromatic rings. The second kappa shape index (κ2) is 10.6. The summed E-state index contributed by atoms with van der Waals surface area (Å²) in [6.07, 6.45) is 4.26. The summed E-state index contributed by atoms with van der Waals surface area (Å²) in [5, 5.41) is 0.612. The van der Waals surface area contributed by atoms with Crippen molar-refractivity contribution < 1.29 is 18.7 Å². The quantitative estimate of drug-likeness (QED) is 0.519. The van der Waals surface area contributed by atoms with E-state index in [0.717, 1.165) is 56.4 Å². The van der Waals surface area contributed by atoms with Crippen molar-refractivity contribution in [3.63, 3.8) is 0 Å². The fourth-order valence-corrected chi connectivity index (χ4v) is 4.96. The molecule has 2 aliphatic heterocycles. The van der Waals surface area contributed by atoms with Gasteiger partial charge in [0.1, 0.15) is 17.7 Å². The number of carbonyl (C=O) groups excluding carboxylic acids is 2. The normalized spacial score (nSPS) is 24.6. The van der Waals surface area contributed by atoms with Crippen LogP contribution < -0.4 is 0 Å². The van der Waals surface area contributed by atoms with E-state index in [2.05, 4.69) is 4.90 Å². The average molecular weight is 458 g/mol. The Morgan fingerprint density at radius 2 is 1.78 bits per heavy atom. The topological polar surface area (TPSA) is 46.6 Å². The van der Waals surface area contributed by atoms with Gasteiger partial charge in [0.2, 0.25) is 0 Å². The van der Waals surface area contributed by atoms with Crippen molar-refractivity contribution in [2.75, 3.05) is 13.1 Å². The number of benzene rings is 2. The molecule has 4 nitrogen and oxygen atoms in total. The molecular weight excluding hydrogens is 429 g/mol. The predicted molar refractivity (Wildman–Crippen MR) is 122 cm³/mol. The molecule has 1 unspecified atom stereocenters. The lowest BCUT2D eigenvalue weighted by Crippen LogP contribution is -2.30. The minimum atomic E-state index is -0.518. The highest BCUT2D eigenvalue weighted by Crippen LogP contribution is 2.38. The van der Waals surface area contributed by atoms with Gasteiger partial charge in [-0.25, -0.2) is 4.39 Å². The lowest BCUT2D eigenvalue weighted by atomic mass is 9.84. The Balaban J connectivity index is 1.35. The first-order chi connectivity index (χ1) is 15.5. The number of halogens is 2. The number of nitrogens with zero attached hydrogens (tertiary/aromatic N) is 1. The Morgan fingerprint density at radius 1 is 1.03 bits per heavy atom. The molecule has 6 heteroatoms. The Kier molecular flexibility index (Phi) is 7.59. The number of ether oxygens (including phenoxy) is 1. The van der Waals surface area contributed by atoms with Gasteiger partial charge in [0.05, 0.1) is 12.3 Å². The van der Waals surface area contributed by atoms with Crippen molar-refractivity contribution in [3.8, 4) is 0 Å². The van der Waals surface area contributed by atoms with Crippen LogP contribution in [0.4, 0.5) is 4.39 Å². The van der Waals surface area contributed by atoms with Crippen molar-refractivity contribution >= 4 is 23.4 Å². The number of cyclic esters (lactones) is 1. The zero-order valence-electron chi connectivity index (χ0n) is 18.1. The summed E-state index contributed by atoms with van der Waals surface area (Å²) in [7, 11) is 0. The molecule has 4 rings (SSSR count). The van der Waals surface area contributed by atoms with Gasteiger partial charge < -0.3 is 4.74 Å². The van der Waals surface area contributed by atoms with E-state index < -0.39 is 12.0 Å². The van der Waals surface area contributed by atoms with Crippen LogP contribution in [0.1, 0.15) is 55.8 Å². The molecule has 2 aromatic carbocycles. The molecule has 170 valence electrons. The lowest BCUT2D eigenvalue weighted by molar-refractivity contribution is -0.141. The van der Waals surface area contributed by atoms with Crippen molar-refractivity contribution in [3.05, 3.63) is 70.5 Å². The molecule has 3 atom stereocenters. The van der Waals surface area contributed by atoms with Crippen LogP contribution >= 0.6 is 11.6 Å². The maximum atomic E-state index is 13.2. The van der Waals surface area contributed by atoms with Crippen LogP contribution in [-0.2, 0) is 20.9 Å². The zero-order chi connectivity index (χ0) is 22.5. The van der Waals surface area contributed by atoms with Gasteiger partial charge in [-0.15, -0.1) is 0 Å². The number of likely N-dealkylation sites (tertiary alicyclic amines) is 1. The zero-order valence-corrected chi connectivity index (χ0v) is 18.9. The molecule has 32 heavy (non-hydrogen) atoms. The number of ketones is 1. The molecule has 0 spiro atoms. The van der Waals surface area contributed by atoms with Crippen LogP contribution in [0.25, 0.3) is 0 Å². The van der Waals surface area contributed by atoms with E-state index in [4.69, 9.17) is 16.3 Å².